The first-order chi connectivity index (χ1) is 25.0. The molecule has 0 saturated heterocycles. The topological polar surface area (TPSA) is 111 Å². The Bertz CT molecular complexity index is 1300. The fourth-order valence-electron chi connectivity index (χ4n) is 3.88. The third kappa shape index (κ3) is 36.2. The van der Waals surface area contributed by atoms with Crippen molar-refractivity contribution in [3.8, 4) is 0 Å². The summed E-state index contributed by atoms with van der Waals surface area (Å²) in [5.41, 5.74) is 0. The lowest BCUT2D eigenvalue weighted by atomic mass is 10.1. The number of nitrogens with zero attached hydrogens (tertiary/aromatic N) is 1. The Labute approximate surface area is 314 Å². The van der Waals surface area contributed by atoms with Gasteiger partial charge in [0, 0.05) is 12.8 Å². The summed E-state index contributed by atoms with van der Waals surface area (Å²) in [6, 6.07) is 0. The zero-order chi connectivity index (χ0) is 38.6. The van der Waals surface area contributed by atoms with E-state index in [9.17, 15) is 19.0 Å². The Balaban J connectivity index is 4.71. The molecule has 0 rings (SSSR count). The molecule has 0 aromatic rings. The number of ether oxygens (including phenoxy) is 2. The summed E-state index contributed by atoms with van der Waals surface area (Å²) in [7, 11) is 1.06. The minimum absolute atomic E-state index is 0.0600. The number of phosphoric acid groups is 1. The van der Waals surface area contributed by atoms with Crippen LogP contribution < -0.4 is 4.89 Å². The summed E-state index contributed by atoms with van der Waals surface area (Å²) in [5.74, 6) is -0.991. The first-order valence-corrected chi connectivity index (χ1v) is 19.8. The average Bonchev–Trinajstić information content (AvgIpc) is 3.09. The van der Waals surface area contributed by atoms with Gasteiger partial charge in [-0.05, 0) is 44.9 Å². The normalized spacial score (nSPS) is 15.1. The van der Waals surface area contributed by atoms with Crippen LogP contribution in [0.1, 0.15) is 78.1 Å². The molecular formula is C42H64NO8P. The van der Waals surface area contributed by atoms with E-state index in [0.29, 0.717) is 30.3 Å². The van der Waals surface area contributed by atoms with E-state index in [1.165, 1.54) is 0 Å². The average molecular weight is 742 g/mol. The maximum atomic E-state index is 12.6. The van der Waals surface area contributed by atoms with Gasteiger partial charge in [-0.15, -0.1) is 0 Å². The second-order valence-corrected chi connectivity index (χ2v) is 14.1. The van der Waals surface area contributed by atoms with E-state index < -0.39 is 32.5 Å². The zero-order valence-corrected chi connectivity index (χ0v) is 33.1. The number of phosphoric ester groups is 1. The molecule has 0 bridgehead atoms. The quantitative estimate of drug-likeness (QED) is 0.0236. The SMILES string of the molecule is CC/C=C/C=C/C=C/C=C/C=C/CCCCCC(=O)OCC(COP(=O)([O-])OCC[N+](C)(C)C)OC(=O)CCC/C=C/C=C/C=C/C=C/C=C/CC. The van der Waals surface area contributed by atoms with Gasteiger partial charge in [-0.25, -0.2) is 0 Å². The molecular weight excluding hydrogens is 677 g/mol. The minimum Gasteiger partial charge on any atom is -0.756 e. The maximum Gasteiger partial charge on any atom is 0.306 e. The maximum absolute atomic E-state index is 12.6. The molecule has 0 aromatic carbocycles. The molecule has 0 aromatic heterocycles. The van der Waals surface area contributed by atoms with E-state index in [0.717, 1.165) is 32.1 Å². The molecule has 0 saturated carbocycles. The van der Waals surface area contributed by atoms with Crippen molar-refractivity contribution in [3.05, 3.63) is 122 Å². The molecule has 0 spiro atoms. The van der Waals surface area contributed by atoms with Crippen molar-refractivity contribution >= 4 is 19.8 Å². The summed E-state index contributed by atoms with van der Waals surface area (Å²) in [4.78, 5) is 37.3. The summed E-state index contributed by atoms with van der Waals surface area (Å²) < 4.78 is 33.6. The smallest absolute Gasteiger partial charge is 0.306 e. The predicted molar refractivity (Wildman–Crippen MR) is 212 cm³/mol. The Hall–Kier alpha value is -3.59. The minimum atomic E-state index is -4.66. The van der Waals surface area contributed by atoms with Crippen LogP contribution in [-0.2, 0) is 32.7 Å². The van der Waals surface area contributed by atoms with Gasteiger partial charge in [0.25, 0.3) is 7.82 Å². The second kappa shape index (κ2) is 33.3. The molecule has 0 fully saturated rings. The van der Waals surface area contributed by atoms with Crippen LogP contribution in [0.4, 0.5) is 0 Å². The number of hydrogen-bond donors (Lipinski definition) is 0. The third-order valence-electron chi connectivity index (χ3n) is 6.73. The number of quaternary nitrogens is 1. The van der Waals surface area contributed by atoms with Gasteiger partial charge in [0.2, 0.25) is 0 Å². The Morgan fingerprint density at radius 2 is 1.06 bits per heavy atom. The number of esters is 2. The molecule has 0 amide bonds. The molecule has 0 aliphatic carbocycles. The summed E-state index contributed by atoms with van der Waals surface area (Å²) >= 11 is 0. The summed E-state index contributed by atoms with van der Waals surface area (Å²) in [6.07, 6.45) is 45.3. The Morgan fingerprint density at radius 3 is 1.56 bits per heavy atom. The van der Waals surface area contributed by atoms with Gasteiger partial charge >= 0.3 is 11.9 Å². The Morgan fingerprint density at radius 1 is 0.596 bits per heavy atom. The first kappa shape index (κ1) is 48.4. The molecule has 290 valence electrons. The predicted octanol–water partition coefficient (Wildman–Crippen LogP) is 9.15. The van der Waals surface area contributed by atoms with E-state index in [-0.39, 0.29) is 26.1 Å². The third-order valence-corrected chi connectivity index (χ3v) is 7.70. The van der Waals surface area contributed by atoms with E-state index in [1.807, 2.05) is 124 Å². The van der Waals surface area contributed by atoms with E-state index in [2.05, 4.69) is 32.1 Å². The Kier molecular flexibility index (Phi) is 31.0. The van der Waals surface area contributed by atoms with Crippen LogP contribution in [0.25, 0.3) is 0 Å². The lowest BCUT2D eigenvalue weighted by Crippen LogP contribution is -2.37. The van der Waals surface area contributed by atoms with Crippen LogP contribution in [0.5, 0.6) is 0 Å². The number of hydrogen-bond acceptors (Lipinski definition) is 8. The molecule has 0 aliphatic rings. The van der Waals surface area contributed by atoms with Crippen molar-refractivity contribution in [2.75, 3.05) is 47.5 Å². The van der Waals surface area contributed by atoms with Crippen LogP contribution in [0.3, 0.4) is 0 Å². The highest BCUT2D eigenvalue weighted by Gasteiger charge is 2.21. The molecule has 0 radical (unpaired) electrons. The second-order valence-electron chi connectivity index (χ2n) is 12.7. The number of unbranched alkanes of at least 4 members (excludes halogenated alkanes) is 4. The number of rotatable bonds is 30. The molecule has 2 unspecified atom stereocenters. The molecule has 52 heavy (non-hydrogen) atoms. The molecule has 0 heterocycles. The standard InChI is InChI=1S/C42H64NO8P/c1-6-8-10-12-14-16-18-20-21-23-24-26-28-30-32-34-41(44)48-38-40(39-50-52(46,47)49-37-36-43(3,4)5)51-42(45)35-33-31-29-27-25-22-19-17-15-13-11-9-7-2/h8-25,27,29,40H,6-7,26,28,30-39H2,1-5H3/b10-8+,11-9+,14-12+,15-13+,18-16+,19-17+,21-20+,24-23+,25-22+,29-27+. The van der Waals surface area contributed by atoms with Gasteiger partial charge in [0.15, 0.2) is 6.10 Å². The van der Waals surface area contributed by atoms with Crippen molar-refractivity contribution in [3.63, 3.8) is 0 Å². The largest absolute Gasteiger partial charge is 0.756 e. The van der Waals surface area contributed by atoms with Crippen LogP contribution in [-0.4, -0.2) is 70.0 Å². The zero-order valence-electron chi connectivity index (χ0n) is 32.2. The summed E-state index contributed by atoms with van der Waals surface area (Å²) in [5, 5.41) is 0. The lowest BCUT2D eigenvalue weighted by molar-refractivity contribution is -0.870. The highest BCUT2D eigenvalue weighted by atomic mass is 31.2. The number of carbonyl (C=O) groups excluding carboxylic acids is 2. The molecule has 10 heteroatoms. The highest BCUT2D eigenvalue weighted by Crippen LogP contribution is 2.38. The van der Waals surface area contributed by atoms with Crippen molar-refractivity contribution in [2.24, 2.45) is 0 Å². The van der Waals surface area contributed by atoms with Gasteiger partial charge in [-0.1, -0.05) is 142 Å². The van der Waals surface area contributed by atoms with Gasteiger partial charge in [-0.3, -0.25) is 14.2 Å². The fraction of sp³-hybridized carbons (Fsp3) is 0.476. The molecule has 9 nitrogen and oxygen atoms in total. The van der Waals surface area contributed by atoms with Crippen LogP contribution >= 0.6 is 7.82 Å². The van der Waals surface area contributed by atoms with E-state index in [1.54, 1.807) is 0 Å². The number of carbonyl (C=O) groups is 2. The van der Waals surface area contributed by atoms with Crippen LogP contribution in [0.2, 0.25) is 0 Å². The number of likely N-dealkylation sites (N-methyl/N-ethyl adjacent to an activating group) is 1. The van der Waals surface area contributed by atoms with Crippen LogP contribution in [0, 0.1) is 0 Å². The fourth-order valence-corrected chi connectivity index (χ4v) is 4.61. The number of allylic oxidation sites excluding steroid dienone is 20. The van der Waals surface area contributed by atoms with E-state index in [4.69, 9.17) is 18.5 Å². The molecule has 0 aliphatic heterocycles. The highest BCUT2D eigenvalue weighted by molar-refractivity contribution is 7.45. The molecule has 2 atom stereocenters. The van der Waals surface area contributed by atoms with Crippen molar-refractivity contribution in [1.29, 1.82) is 0 Å². The first-order valence-electron chi connectivity index (χ1n) is 18.4. The van der Waals surface area contributed by atoms with Crippen molar-refractivity contribution in [2.45, 2.75) is 84.2 Å². The van der Waals surface area contributed by atoms with Gasteiger partial charge < -0.3 is 27.9 Å². The molecule has 0 N–H and O–H groups in total. The van der Waals surface area contributed by atoms with E-state index >= 15 is 0 Å². The van der Waals surface area contributed by atoms with Crippen LogP contribution in [0.15, 0.2) is 122 Å². The van der Waals surface area contributed by atoms with Crippen molar-refractivity contribution in [1.82, 2.24) is 0 Å². The van der Waals surface area contributed by atoms with Gasteiger partial charge in [0.1, 0.15) is 19.8 Å². The summed E-state index contributed by atoms with van der Waals surface area (Å²) in [6.45, 7) is 3.73. The lowest BCUT2D eigenvalue weighted by Gasteiger charge is -2.28. The monoisotopic (exact) mass is 741 g/mol. The van der Waals surface area contributed by atoms with Crippen molar-refractivity contribution < 1.29 is 42.1 Å². The van der Waals surface area contributed by atoms with Gasteiger partial charge in [0.05, 0.1) is 27.7 Å². The van der Waals surface area contributed by atoms with Gasteiger partial charge in [-0.2, -0.15) is 0 Å².